The predicted octanol–water partition coefficient (Wildman–Crippen LogP) is 2.44. The smallest absolute Gasteiger partial charge is 0.337 e. The Hall–Kier alpha value is -1.52. The van der Waals surface area contributed by atoms with Gasteiger partial charge in [-0.15, -0.1) is 12.4 Å². The first-order valence-corrected chi connectivity index (χ1v) is 5.45. The van der Waals surface area contributed by atoms with Gasteiger partial charge < -0.3 is 14.6 Å². The van der Waals surface area contributed by atoms with Crippen LogP contribution in [0.4, 0.5) is 0 Å². The maximum atomic E-state index is 11.5. The lowest BCUT2D eigenvalue weighted by Crippen LogP contribution is -2.10. The van der Waals surface area contributed by atoms with Crippen molar-refractivity contribution < 1.29 is 9.53 Å². The number of esters is 1. The van der Waals surface area contributed by atoms with Crippen LogP contribution in [-0.4, -0.2) is 37.1 Å². The number of benzene rings is 1. The number of nitrogens with one attached hydrogen (secondary N) is 1. The first-order chi connectivity index (χ1) is 8.11. The van der Waals surface area contributed by atoms with Gasteiger partial charge in [-0.3, -0.25) is 0 Å². The van der Waals surface area contributed by atoms with Crippen LogP contribution in [0.2, 0.25) is 0 Å². The second kappa shape index (κ2) is 5.89. The summed E-state index contributed by atoms with van der Waals surface area (Å²) < 4.78 is 4.72. The van der Waals surface area contributed by atoms with Crippen molar-refractivity contribution in [2.24, 2.45) is 0 Å². The van der Waals surface area contributed by atoms with Crippen molar-refractivity contribution in [1.82, 2.24) is 9.88 Å². The van der Waals surface area contributed by atoms with Crippen LogP contribution in [0, 0.1) is 0 Å². The molecule has 1 aromatic carbocycles. The number of halogens is 1. The highest BCUT2D eigenvalue weighted by molar-refractivity contribution is 5.95. The van der Waals surface area contributed by atoms with E-state index in [4.69, 9.17) is 4.74 Å². The molecule has 0 radical (unpaired) electrons. The molecule has 2 aromatic rings. The fourth-order valence-electron chi connectivity index (χ4n) is 1.89. The standard InChI is InChI=1S/C13H16N2O2.ClH/c1-15(2)8-10-7-14-12-5-4-9(6-11(10)12)13(16)17-3;/h4-7,14H,8H2,1-3H3;1H. The van der Waals surface area contributed by atoms with E-state index in [1.165, 1.54) is 12.7 Å². The van der Waals surface area contributed by atoms with Crippen molar-refractivity contribution in [2.45, 2.75) is 6.54 Å². The van der Waals surface area contributed by atoms with Crippen LogP contribution in [0.3, 0.4) is 0 Å². The Morgan fingerprint density at radius 3 is 2.72 bits per heavy atom. The Bertz CT molecular complexity index is 549. The molecular weight excluding hydrogens is 252 g/mol. The molecule has 0 amide bonds. The minimum Gasteiger partial charge on any atom is -0.465 e. The summed E-state index contributed by atoms with van der Waals surface area (Å²) in [7, 11) is 5.43. The molecule has 2 rings (SSSR count). The third-order valence-electron chi connectivity index (χ3n) is 2.68. The van der Waals surface area contributed by atoms with Gasteiger partial charge in [0.25, 0.3) is 0 Å². The number of carbonyl (C=O) groups is 1. The number of fused-ring (bicyclic) bond motifs is 1. The zero-order valence-corrected chi connectivity index (χ0v) is 11.5. The second-order valence-electron chi connectivity index (χ2n) is 4.30. The molecule has 1 aromatic heterocycles. The maximum absolute atomic E-state index is 11.5. The van der Waals surface area contributed by atoms with Gasteiger partial charge in [-0.25, -0.2) is 4.79 Å². The molecule has 0 unspecified atom stereocenters. The lowest BCUT2D eigenvalue weighted by atomic mass is 10.1. The Morgan fingerprint density at radius 1 is 1.39 bits per heavy atom. The molecule has 0 aliphatic heterocycles. The molecule has 5 heteroatoms. The maximum Gasteiger partial charge on any atom is 0.337 e. The number of hydrogen-bond acceptors (Lipinski definition) is 3. The van der Waals surface area contributed by atoms with E-state index >= 15 is 0 Å². The van der Waals surface area contributed by atoms with Crippen LogP contribution >= 0.6 is 12.4 Å². The quantitative estimate of drug-likeness (QED) is 0.870. The molecule has 0 fully saturated rings. The molecule has 0 aliphatic carbocycles. The number of methoxy groups -OCH3 is 1. The van der Waals surface area contributed by atoms with E-state index in [1.54, 1.807) is 6.07 Å². The number of hydrogen-bond donors (Lipinski definition) is 1. The van der Waals surface area contributed by atoms with Crippen LogP contribution in [0.5, 0.6) is 0 Å². The lowest BCUT2D eigenvalue weighted by Gasteiger charge is -2.08. The zero-order chi connectivity index (χ0) is 12.4. The average molecular weight is 269 g/mol. The summed E-state index contributed by atoms with van der Waals surface area (Å²) in [5, 5.41) is 1.07. The van der Waals surface area contributed by atoms with Crippen LogP contribution in [0.1, 0.15) is 15.9 Å². The summed E-state index contributed by atoms with van der Waals surface area (Å²) in [5.41, 5.74) is 2.80. The second-order valence-corrected chi connectivity index (χ2v) is 4.30. The van der Waals surface area contributed by atoms with Gasteiger partial charge >= 0.3 is 5.97 Å². The first kappa shape index (κ1) is 14.5. The predicted molar refractivity (Wildman–Crippen MR) is 74.3 cm³/mol. The van der Waals surface area contributed by atoms with Crippen molar-refractivity contribution in [3.05, 3.63) is 35.5 Å². The number of aromatic nitrogens is 1. The van der Waals surface area contributed by atoms with Crippen LogP contribution in [0.25, 0.3) is 10.9 Å². The van der Waals surface area contributed by atoms with Crippen LogP contribution in [0.15, 0.2) is 24.4 Å². The molecule has 0 atom stereocenters. The van der Waals surface area contributed by atoms with E-state index < -0.39 is 0 Å². The van der Waals surface area contributed by atoms with Gasteiger partial charge in [-0.2, -0.15) is 0 Å². The monoisotopic (exact) mass is 268 g/mol. The van der Waals surface area contributed by atoms with E-state index in [0.29, 0.717) is 5.56 Å². The highest BCUT2D eigenvalue weighted by Gasteiger charge is 2.09. The number of carbonyl (C=O) groups excluding carboxylic acids is 1. The summed E-state index contributed by atoms with van der Waals surface area (Å²) in [6, 6.07) is 5.54. The van der Waals surface area contributed by atoms with Gasteiger partial charge in [0.15, 0.2) is 0 Å². The van der Waals surface area contributed by atoms with E-state index in [0.717, 1.165) is 17.4 Å². The third-order valence-corrected chi connectivity index (χ3v) is 2.68. The molecule has 98 valence electrons. The Labute approximate surface area is 112 Å². The van der Waals surface area contributed by atoms with E-state index in [9.17, 15) is 4.79 Å². The number of aromatic amines is 1. The summed E-state index contributed by atoms with van der Waals surface area (Å²) in [5.74, 6) is -0.302. The number of ether oxygens (including phenoxy) is 1. The molecule has 0 bridgehead atoms. The summed E-state index contributed by atoms with van der Waals surface area (Å²) in [6.45, 7) is 0.838. The largest absolute Gasteiger partial charge is 0.465 e. The highest BCUT2D eigenvalue weighted by Crippen LogP contribution is 2.21. The fourth-order valence-corrected chi connectivity index (χ4v) is 1.89. The minimum absolute atomic E-state index is 0. The number of rotatable bonds is 3. The van der Waals surface area contributed by atoms with E-state index in [1.807, 2.05) is 32.4 Å². The van der Waals surface area contributed by atoms with Crippen molar-refractivity contribution in [3.63, 3.8) is 0 Å². The topological polar surface area (TPSA) is 45.3 Å². The normalized spacial score (nSPS) is 10.4. The lowest BCUT2D eigenvalue weighted by molar-refractivity contribution is 0.0601. The molecule has 0 aliphatic rings. The number of nitrogens with zero attached hydrogens (tertiary/aromatic N) is 1. The molecule has 1 heterocycles. The van der Waals surface area contributed by atoms with Crippen molar-refractivity contribution in [1.29, 1.82) is 0 Å². The zero-order valence-electron chi connectivity index (χ0n) is 10.7. The van der Waals surface area contributed by atoms with E-state index in [2.05, 4.69) is 9.88 Å². The van der Waals surface area contributed by atoms with Gasteiger partial charge in [0, 0.05) is 23.6 Å². The van der Waals surface area contributed by atoms with Gasteiger partial charge in [0.05, 0.1) is 12.7 Å². The molecular formula is C13H17ClN2O2. The molecule has 0 spiro atoms. The van der Waals surface area contributed by atoms with Crippen molar-refractivity contribution in [3.8, 4) is 0 Å². The highest BCUT2D eigenvalue weighted by atomic mass is 35.5. The molecule has 0 saturated heterocycles. The summed E-state index contributed by atoms with van der Waals surface area (Å²) in [4.78, 5) is 16.8. The first-order valence-electron chi connectivity index (χ1n) is 5.45. The average Bonchev–Trinajstić information content (AvgIpc) is 2.70. The van der Waals surface area contributed by atoms with Crippen LogP contribution in [-0.2, 0) is 11.3 Å². The molecule has 18 heavy (non-hydrogen) atoms. The molecule has 1 N–H and O–H groups in total. The molecule has 0 saturated carbocycles. The van der Waals surface area contributed by atoms with Crippen molar-refractivity contribution in [2.75, 3.05) is 21.2 Å². The van der Waals surface area contributed by atoms with E-state index in [-0.39, 0.29) is 18.4 Å². The summed E-state index contributed by atoms with van der Waals surface area (Å²) in [6.07, 6.45) is 1.98. The van der Waals surface area contributed by atoms with Crippen LogP contribution < -0.4 is 0 Å². The molecule has 4 nitrogen and oxygen atoms in total. The Morgan fingerprint density at radius 2 is 2.11 bits per heavy atom. The Kier molecular flexibility index (Phi) is 4.76. The minimum atomic E-state index is -0.302. The Balaban J connectivity index is 0.00000162. The van der Waals surface area contributed by atoms with Gasteiger partial charge in [-0.05, 0) is 37.9 Å². The summed E-state index contributed by atoms with van der Waals surface area (Å²) >= 11 is 0. The van der Waals surface area contributed by atoms with Gasteiger partial charge in [-0.1, -0.05) is 0 Å². The third kappa shape index (κ3) is 2.83. The van der Waals surface area contributed by atoms with Gasteiger partial charge in [0.2, 0.25) is 0 Å². The number of H-pyrrole nitrogens is 1. The SMILES string of the molecule is COC(=O)c1ccc2[nH]cc(CN(C)C)c2c1.Cl. The van der Waals surface area contributed by atoms with Gasteiger partial charge in [0.1, 0.15) is 0 Å². The fraction of sp³-hybridized carbons (Fsp3) is 0.308. The van der Waals surface area contributed by atoms with Crippen molar-refractivity contribution >= 4 is 29.3 Å².